The molecular formula is C19H21N3O3. The van der Waals surface area contributed by atoms with Gasteiger partial charge in [0.25, 0.3) is 5.91 Å². The SMILES string of the molecule is CN1CCO[C@@H]2CN(C(=O)c3ncccc3Oc3ccccc3)C[C@@H]21. The van der Waals surface area contributed by atoms with Crippen molar-refractivity contribution < 1.29 is 14.3 Å². The second-order valence-electron chi connectivity index (χ2n) is 6.43. The first kappa shape index (κ1) is 16.1. The second kappa shape index (κ2) is 6.82. The third-order valence-corrected chi connectivity index (χ3v) is 4.81. The molecule has 1 aromatic heterocycles. The van der Waals surface area contributed by atoms with Crippen LogP contribution in [0.5, 0.6) is 11.5 Å². The molecule has 2 atom stereocenters. The topological polar surface area (TPSA) is 54.9 Å². The quantitative estimate of drug-likeness (QED) is 0.856. The van der Waals surface area contributed by atoms with Gasteiger partial charge in [-0.15, -0.1) is 0 Å². The molecule has 4 rings (SSSR count). The van der Waals surface area contributed by atoms with Gasteiger partial charge < -0.3 is 14.4 Å². The van der Waals surface area contributed by atoms with Gasteiger partial charge in [0.15, 0.2) is 11.4 Å². The van der Waals surface area contributed by atoms with Crippen molar-refractivity contribution in [2.45, 2.75) is 12.1 Å². The number of likely N-dealkylation sites (tertiary alicyclic amines) is 1. The number of aromatic nitrogens is 1. The van der Waals surface area contributed by atoms with Crippen LogP contribution in [-0.2, 0) is 4.74 Å². The first-order chi connectivity index (χ1) is 12.2. The van der Waals surface area contributed by atoms with E-state index in [-0.39, 0.29) is 18.1 Å². The Hall–Kier alpha value is -2.44. The van der Waals surface area contributed by atoms with Gasteiger partial charge in [-0.05, 0) is 31.3 Å². The first-order valence-corrected chi connectivity index (χ1v) is 8.51. The maximum Gasteiger partial charge on any atom is 0.276 e. The van der Waals surface area contributed by atoms with Crippen molar-refractivity contribution in [2.24, 2.45) is 0 Å². The van der Waals surface area contributed by atoms with E-state index >= 15 is 0 Å². The summed E-state index contributed by atoms with van der Waals surface area (Å²) in [6.45, 7) is 2.86. The zero-order valence-electron chi connectivity index (χ0n) is 14.2. The predicted octanol–water partition coefficient (Wildman–Crippen LogP) is 2.03. The van der Waals surface area contributed by atoms with Crippen molar-refractivity contribution in [1.29, 1.82) is 0 Å². The van der Waals surface area contributed by atoms with Crippen molar-refractivity contribution in [1.82, 2.24) is 14.8 Å². The van der Waals surface area contributed by atoms with E-state index in [0.717, 1.165) is 6.54 Å². The Labute approximate surface area is 147 Å². The highest BCUT2D eigenvalue weighted by atomic mass is 16.5. The minimum absolute atomic E-state index is 0.0740. The van der Waals surface area contributed by atoms with Gasteiger partial charge in [0.05, 0.1) is 18.8 Å². The number of morpholine rings is 1. The van der Waals surface area contributed by atoms with Crippen LogP contribution in [0, 0.1) is 0 Å². The number of carbonyl (C=O) groups excluding carboxylic acids is 1. The predicted molar refractivity (Wildman–Crippen MR) is 92.8 cm³/mol. The summed E-state index contributed by atoms with van der Waals surface area (Å²) >= 11 is 0. The monoisotopic (exact) mass is 339 g/mol. The smallest absolute Gasteiger partial charge is 0.276 e. The van der Waals surface area contributed by atoms with Crippen LogP contribution >= 0.6 is 0 Å². The zero-order valence-corrected chi connectivity index (χ0v) is 14.2. The van der Waals surface area contributed by atoms with Crippen molar-refractivity contribution in [3.8, 4) is 11.5 Å². The van der Waals surface area contributed by atoms with E-state index in [4.69, 9.17) is 9.47 Å². The number of amides is 1. The number of rotatable bonds is 3. The Morgan fingerprint density at radius 2 is 2.04 bits per heavy atom. The van der Waals surface area contributed by atoms with Crippen molar-refractivity contribution in [2.75, 3.05) is 33.3 Å². The number of likely N-dealkylation sites (N-methyl/N-ethyl adjacent to an activating group) is 1. The molecule has 2 aliphatic rings. The van der Waals surface area contributed by atoms with E-state index in [0.29, 0.717) is 36.9 Å². The Bertz CT molecular complexity index is 753. The van der Waals surface area contributed by atoms with E-state index in [9.17, 15) is 4.79 Å². The summed E-state index contributed by atoms with van der Waals surface area (Å²) in [5.41, 5.74) is 0.340. The molecule has 0 spiro atoms. The average Bonchev–Trinajstić information content (AvgIpc) is 3.08. The van der Waals surface area contributed by atoms with Crippen LogP contribution in [0.2, 0.25) is 0 Å². The average molecular weight is 339 g/mol. The number of carbonyl (C=O) groups is 1. The Morgan fingerprint density at radius 1 is 1.20 bits per heavy atom. The molecule has 0 bridgehead atoms. The van der Waals surface area contributed by atoms with Crippen LogP contribution in [0.25, 0.3) is 0 Å². The molecule has 2 saturated heterocycles. The summed E-state index contributed by atoms with van der Waals surface area (Å²) < 4.78 is 11.7. The number of hydrogen-bond acceptors (Lipinski definition) is 5. The molecule has 1 aromatic carbocycles. The summed E-state index contributed by atoms with van der Waals surface area (Å²) in [5, 5.41) is 0. The molecule has 0 unspecified atom stereocenters. The van der Waals surface area contributed by atoms with Gasteiger partial charge in [-0.25, -0.2) is 4.98 Å². The molecule has 0 radical (unpaired) electrons. The lowest BCUT2D eigenvalue weighted by molar-refractivity contribution is -0.0368. The number of para-hydroxylation sites is 1. The molecular weight excluding hydrogens is 318 g/mol. The molecule has 2 aromatic rings. The molecule has 130 valence electrons. The van der Waals surface area contributed by atoms with Crippen LogP contribution in [0.3, 0.4) is 0 Å². The normalized spacial score (nSPS) is 23.3. The summed E-state index contributed by atoms with van der Waals surface area (Å²) in [6.07, 6.45) is 1.70. The number of ether oxygens (including phenoxy) is 2. The Balaban J connectivity index is 1.55. The molecule has 6 heteroatoms. The first-order valence-electron chi connectivity index (χ1n) is 8.51. The largest absolute Gasteiger partial charge is 0.455 e. The lowest BCUT2D eigenvalue weighted by Crippen LogP contribution is -2.48. The van der Waals surface area contributed by atoms with E-state index in [1.807, 2.05) is 35.2 Å². The summed E-state index contributed by atoms with van der Waals surface area (Å²) in [4.78, 5) is 21.4. The van der Waals surface area contributed by atoms with E-state index in [1.54, 1.807) is 18.3 Å². The highest BCUT2D eigenvalue weighted by Gasteiger charge is 2.41. The lowest BCUT2D eigenvalue weighted by Gasteiger charge is -2.33. The zero-order chi connectivity index (χ0) is 17.2. The van der Waals surface area contributed by atoms with Crippen LogP contribution in [0.15, 0.2) is 48.7 Å². The molecule has 25 heavy (non-hydrogen) atoms. The van der Waals surface area contributed by atoms with Crippen molar-refractivity contribution in [3.63, 3.8) is 0 Å². The molecule has 0 aliphatic carbocycles. The maximum atomic E-state index is 13.0. The maximum absolute atomic E-state index is 13.0. The van der Waals surface area contributed by atoms with Crippen LogP contribution < -0.4 is 4.74 Å². The van der Waals surface area contributed by atoms with Crippen molar-refractivity contribution in [3.05, 3.63) is 54.4 Å². The highest BCUT2D eigenvalue weighted by molar-refractivity contribution is 5.95. The van der Waals surface area contributed by atoms with E-state index < -0.39 is 0 Å². The van der Waals surface area contributed by atoms with Crippen molar-refractivity contribution >= 4 is 5.91 Å². The van der Waals surface area contributed by atoms with Gasteiger partial charge in [-0.3, -0.25) is 9.69 Å². The third kappa shape index (κ3) is 3.23. The van der Waals surface area contributed by atoms with Crippen LogP contribution in [0.1, 0.15) is 10.5 Å². The summed E-state index contributed by atoms with van der Waals surface area (Å²) in [7, 11) is 2.08. The van der Waals surface area contributed by atoms with Gasteiger partial charge >= 0.3 is 0 Å². The number of hydrogen-bond donors (Lipinski definition) is 0. The molecule has 0 N–H and O–H groups in total. The lowest BCUT2D eigenvalue weighted by atomic mass is 10.1. The number of pyridine rings is 1. The van der Waals surface area contributed by atoms with Gasteiger partial charge in [0.2, 0.25) is 0 Å². The van der Waals surface area contributed by atoms with E-state index in [2.05, 4.69) is 16.9 Å². The fourth-order valence-corrected chi connectivity index (χ4v) is 3.42. The molecule has 1 amide bonds. The minimum atomic E-state index is -0.113. The van der Waals surface area contributed by atoms with Gasteiger partial charge in [-0.2, -0.15) is 0 Å². The number of benzene rings is 1. The Kier molecular flexibility index (Phi) is 4.38. The minimum Gasteiger partial charge on any atom is -0.455 e. The highest BCUT2D eigenvalue weighted by Crippen LogP contribution is 2.27. The summed E-state index contributed by atoms with van der Waals surface area (Å²) in [6, 6.07) is 13.2. The van der Waals surface area contributed by atoms with Gasteiger partial charge in [-0.1, -0.05) is 18.2 Å². The van der Waals surface area contributed by atoms with Gasteiger partial charge in [0.1, 0.15) is 5.75 Å². The molecule has 6 nitrogen and oxygen atoms in total. The third-order valence-electron chi connectivity index (χ3n) is 4.81. The fourth-order valence-electron chi connectivity index (χ4n) is 3.42. The van der Waals surface area contributed by atoms with Crippen LogP contribution in [0.4, 0.5) is 0 Å². The summed E-state index contributed by atoms with van der Waals surface area (Å²) in [5.74, 6) is 1.04. The molecule has 2 aliphatic heterocycles. The second-order valence-corrected chi connectivity index (χ2v) is 6.43. The Morgan fingerprint density at radius 3 is 2.84 bits per heavy atom. The van der Waals surface area contributed by atoms with Gasteiger partial charge in [0, 0.05) is 25.8 Å². The fraction of sp³-hybridized carbons (Fsp3) is 0.368. The molecule has 3 heterocycles. The van der Waals surface area contributed by atoms with E-state index in [1.165, 1.54) is 0 Å². The number of fused-ring (bicyclic) bond motifs is 1. The number of nitrogens with zero attached hydrogens (tertiary/aromatic N) is 3. The molecule has 2 fully saturated rings. The van der Waals surface area contributed by atoms with Crippen LogP contribution in [-0.4, -0.2) is 66.1 Å². The standard InChI is InChI=1S/C19H21N3O3/c1-21-10-11-24-17-13-22(12-15(17)21)19(23)18-16(8-5-9-20-18)25-14-6-3-2-4-7-14/h2-9,15,17H,10-13H2,1H3/t15-,17+/m0/s1. The molecule has 0 saturated carbocycles.